The van der Waals surface area contributed by atoms with Crippen molar-refractivity contribution in [3.8, 4) is 0 Å². The van der Waals surface area contributed by atoms with Crippen LogP contribution in [0.1, 0.15) is 10.4 Å². The first kappa shape index (κ1) is 16.1. The number of anilines is 1. The maximum Gasteiger partial charge on any atom is 0.261 e. The van der Waals surface area contributed by atoms with E-state index < -0.39 is 28.9 Å². The summed E-state index contributed by atoms with van der Waals surface area (Å²) in [5, 5.41) is 1.55. The number of carbonyl (C=O) groups excluding carboxylic acids is 1. The fourth-order valence-corrected chi connectivity index (χ4v) is 2.47. The lowest BCUT2D eigenvalue weighted by molar-refractivity contribution is 0.101. The van der Waals surface area contributed by atoms with Gasteiger partial charge < -0.3 is 5.32 Å². The topological polar surface area (TPSA) is 29.1 Å². The van der Waals surface area contributed by atoms with E-state index in [1.54, 1.807) is 0 Å². The molecule has 0 aliphatic carbocycles. The zero-order chi connectivity index (χ0) is 15.7. The van der Waals surface area contributed by atoms with Crippen LogP contribution in [0.2, 0.25) is 10.0 Å². The molecular formula is C13H5BrCl2F3NO. The average molecular weight is 399 g/mol. The molecule has 2 nitrogen and oxygen atoms in total. The fourth-order valence-electron chi connectivity index (χ4n) is 1.58. The van der Waals surface area contributed by atoms with Crippen molar-refractivity contribution in [2.45, 2.75) is 0 Å². The normalized spacial score (nSPS) is 10.6. The van der Waals surface area contributed by atoms with Crippen LogP contribution in [0.5, 0.6) is 0 Å². The van der Waals surface area contributed by atoms with Crippen LogP contribution in [0, 0.1) is 17.5 Å². The number of rotatable bonds is 2. The number of amides is 1. The molecule has 0 aliphatic heterocycles. The molecule has 110 valence electrons. The highest BCUT2D eigenvalue weighted by molar-refractivity contribution is 9.10. The third-order valence-corrected chi connectivity index (χ3v) is 3.48. The second-order valence-electron chi connectivity index (χ2n) is 3.95. The quantitative estimate of drug-likeness (QED) is 0.672. The number of halogens is 6. The van der Waals surface area contributed by atoms with E-state index >= 15 is 0 Å². The van der Waals surface area contributed by atoms with Crippen LogP contribution < -0.4 is 5.32 Å². The van der Waals surface area contributed by atoms with Crippen molar-refractivity contribution >= 4 is 50.7 Å². The first-order valence-electron chi connectivity index (χ1n) is 5.40. The molecule has 8 heteroatoms. The standard InChI is InChI=1S/C13H5BrCl2F3NO/c14-5-1-9(17)11(10(18)2-5)13(21)20-6-3-7(15)12(19)8(16)4-6/h1-4H,(H,20,21). The third kappa shape index (κ3) is 3.51. The smallest absolute Gasteiger partial charge is 0.261 e. The Bertz CT molecular complexity index is 693. The monoisotopic (exact) mass is 397 g/mol. The minimum Gasteiger partial charge on any atom is -0.322 e. The summed E-state index contributed by atoms with van der Waals surface area (Å²) in [6.07, 6.45) is 0. The molecule has 0 spiro atoms. The predicted octanol–water partition coefficient (Wildman–Crippen LogP) is 5.43. The van der Waals surface area contributed by atoms with Crippen LogP contribution in [0.3, 0.4) is 0 Å². The molecule has 1 amide bonds. The van der Waals surface area contributed by atoms with Crippen molar-refractivity contribution in [1.82, 2.24) is 0 Å². The molecule has 21 heavy (non-hydrogen) atoms. The lowest BCUT2D eigenvalue weighted by atomic mass is 10.1. The molecule has 0 aromatic heterocycles. The lowest BCUT2D eigenvalue weighted by Crippen LogP contribution is -2.16. The Morgan fingerprint density at radius 1 is 1.00 bits per heavy atom. The summed E-state index contributed by atoms with van der Waals surface area (Å²) in [7, 11) is 0. The maximum atomic E-state index is 13.6. The van der Waals surface area contributed by atoms with Gasteiger partial charge in [-0.05, 0) is 24.3 Å². The van der Waals surface area contributed by atoms with Gasteiger partial charge in [0.25, 0.3) is 5.91 Å². The second-order valence-corrected chi connectivity index (χ2v) is 5.68. The number of benzene rings is 2. The molecule has 2 aromatic carbocycles. The Morgan fingerprint density at radius 2 is 1.48 bits per heavy atom. The van der Waals surface area contributed by atoms with Gasteiger partial charge in [0.2, 0.25) is 0 Å². The van der Waals surface area contributed by atoms with Gasteiger partial charge in [-0.25, -0.2) is 13.2 Å². The summed E-state index contributed by atoms with van der Waals surface area (Å²) >= 11 is 14.0. The van der Waals surface area contributed by atoms with E-state index in [-0.39, 0.29) is 20.2 Å². The van der Waals surface area contributed by atoms with E-state index in [9.17, 15) is 18.0 Å². The highest BCUT2D eigenvalue weighted by Crippen LogP contribution is 2.28. The molecule has 0 bridgehead atoms. The van der Waals surface area contributed by atoms with Crippen LogP contribution in [0.25, 0.3) is 0 Å². The van der Waals surface area contributed by atoms with Crippen LogP contribution in [0.4, 0.5) is 18.9 Å². The van der Waals surface area contributed by atoms with Crippen molar-refractivity contribution in [1.29, 1.82) is 0 Å². The Morgan fingerprint density at radius 3 is 1.95 bits per heavy atom. The molecule has 1 N–H and O–H groups in total. The molecule has 0 aliphatic rings. The van der Waals surface area contributed by atoms with E-state index in [0.29, 0.717) is 0 Å². The number of carbonyl (C=O) groups is 1. The average Bonchev–Trinajstić information content (AvgIpc) is 2.34. The van der Waals surface area contributed by atoms with Gasteiger partial charge in [-0.3, -0.25) is 4.79 Å². The summed E-state index contributed by atoms with van der Waals surface area (Å²) < 4.78 is 40.7. The summed E-state index contributed by atoms with van der Waals surface area (Å²) in [5.41, 5.74) is -0.757. The second kappa shape index (κ2) is 6.25. The van der Waals surface area contributed by atoms with Crippen LogP contribution in [0.15, 0.2) is 28.7 Å². The Hall–Kier alpha value is -1.24. The largest absolute Gasteiger partial charge is 0.322 e. The zero-order valence-electron chi connectivity index (χ0n) is 9.99. The zero-order valence-corrected chi connectivity index (χ0v) is 13.1. The molecule has 2 rings (SSSR count). The molecule has 0 fully saturated rings. The first-order chi connectivity index (χ1) is 9.79. The van der Waals surface area contributed by atoms with Crippen molar-refractivity contribution in [3.63, 3.8) is 0 Å². The Balaban J connectivity index is 2.35. The van der Waals surface area contributed by atoms with E-state index in [1.807, 2.05) is 0 Å². The Kier molecular flexibility index (Phi) is 4.81. The summed E-state index contributed by atoms with van der Waals surface area (Å²) in [4.78, 5) is 11.9. The summed E-state index contributed by atoms with van der Waals surface area (Å²) in [6.45, 7) is 0. The first-order valence-corrected chi connectivity index (χ1v) is 6.95. The molecule has 0 saturated heterocycles. The minimum atomic E-state index is -1.05. The van der Waals surface area contributed by atoms with Gasteiger partial charge in [0.1, 0.15) is 17.2 Å². The van der Waals surface area contributed by atoms with E-state index in [4.69, 9.17) is 23.2 Å². The molecule has 0 saturated carbocycles. The van der Waals surface area contributed by atoms with Gasteiger partial charge in [0, 0.05) is 10.2 Å². The Labute approximate surface area is 136 Å². The molecule has 2 aromatic rings. The van der Waals surface area contributed by atoms with E-state index in [2.05, 4.69) is 21.2 Å². The minimum absolute atomic E-state index is 0.0121. The van der Waals surface area contributed by atoms with Crippen LogP contribution >= 0.6 is 39.1 Å². The summed E-state index contributed by atoms with van der Waals surface area (Å²) in [5.74, 6) is -3.98. The number of hydrogen-bond acceptors (Lipinski definition) is 1. The van der Waals surface area contributed by atoms with Crippen molar-refractivity contribution in [2.75, 3.05) is 5.32 Å². The molecule has 0 atom stereocenters. The van der Waals surface area contributed by atoms with Crippen molar-refractivity contribution in [3.05, 3.63) is 61.8 Å². The van der Waals surface area contributed by atoms with Gasteiger partial charge in [0.15, 0.2) is 5.82 Å². The predicted molar refractivity (Wildman–Crippen MR) is 78.4 cm³/mol. The van der Waals surface area contributed by atoms with E-state index in [1.165, 1.54) is 0 Å². The lowest BCUT2D eigenvalue weighted by Gasteiger charge is -2.09. The molecule has 0 heterocycles. The third-order valence-electron chi connectivity index (χ3n) is 2.48. The van der Waals surface area contributed by atoms with Crippen LogP contribution in [-0.2, 0) is 0 Å². The highest BCUT2D eigenvalue weighted by atomic mass is 79.9. The van der Waals surface area contributed by atoms with Crippen LogP contribution in [-0.4, -0.2) is 5.91 Å². The number of hydrogen-bond donors (Lipinski definition) is 1. The summed E-state index contributed by atoms with van der Waals surface area (Å²) in [6, 6.07) is 4.05. The van der Waals surface area contributed by atoms with Crippen molar-refractivity contribution in [2.24, 2.45) is 0 Å². The maximum absolute atomic E-state index is 13.6. The highest BCUT2D eigenvalue weighted by Gasteiger charge is 2.19. The van der Waals surface area contributed by atoms with Gasteiger partial charge in [-0.2, -0.15) is 0 Å². The van der Waals surface area contributed by atoms with Crippen molar-refractivity contribution < 1.29 is 18.0 Å². The van der Waals surface area contributed by atoms with Gasteiger partial charge in [0.05, 0.1) is 10.0 Å². The molecule has 0 radical (unpaired) electrons. The van der Waals surface area contributed by atoms with Gasteiger partial charge >= 0.3 is 0 Å². The van der Waals surface area contributed by atoms with Gasteiger partial charge in [-0.1, -0.05) is 39.1 Å². The molecular weight excluding hydrogens is 394 g/mol. The fraction of sp³-hybridized carbons (Fsp3) is 0. The molecule has 0 unspecified atom stereocenters. The van der Waals surface area contributed by atoms with Gasteiger partial charge in [-0.15, -0.1) is 0 Å². The SMILES string of the molecule is O=C(Nc1cc(Cl)c(F)c(Cl)c1)c1c(F)cc(Br)cc1F. The number of nitrogens with one attached hydrogen (secondary N) is 1. The van der Waals surface area contributed by atoms with E-state index in [0.717, 1.165) is 24.3 Å².